The molecule has 0 saturated carbocycles. The molecule has 12 nitrogen and oxygen atoms in total. The molecule has 6 N–H and O–H groups in total. The monoisotopic (exact) mass is 461 g/mol. The van der Waals surface area contributed by atoms with Crippen LogP contribution in [0.1, 0.15) is 6.92 Å². The number of aliphatic carboxylic acids is 1. The Morgan fingerprint density at radius 3 is 2.31 bits per heavy atom. The Bertz CT molecular complexity index is 834. The Morgan fingerprint density at radius 1 is 1.19 bits per heavy atom. The molecule has 0 spiro atoms. The molecule has 1 aromatic rings. The van der Waals surface area contributed by atoms with E-state index in [2.05, 4.69) is 16.0 Å². The van der Waals surface area contributed by atoms with Crippen LogP contribution in [0.25, 0.3) is 0 Å². The van der Waals surface area contributed by atoms with E-state index in [1.165, 1.54) is 14.0 Å². The maximum Gasteiger partial charge on any atom is 1.00 e. The zero-order chi connectivity index (χ0) is 23.1. The first-order valence-electron chi connectivity index (χ1n) is 9.21. The van der Waals surface area contributed by atoms with Crippen molar-refractivity contribution in [3.63, 3.8) is 0 Å². The Labute approximate surface area is 205 Å². The van der Waals surface area contributed by atoms with Gasteiger partial charge >= 0.3 is 35.6 Å². The minimum Gasteiger partial charge on any atom is -0.542 e. The molecular formula is C19H24N3NaO9. The summed E-state index contributed by atoms with van der Waals surface area (Å²) in [5.74, 6) is -2.45. The van der Waals surface area contributed by atoms with Crippen molar-refractivity contribution in [1.82, 2.24) is 10.6 Å². The molecular weight excluding hydrogens is 437 g/mol. The van der Waals surface area contributed by atoms with Gasteiger partial charge in [-0.25, -0.2) is 4.79 Å². The molecule has 0 unspecified atom stereocenters. The van der Waals surface area contributed by atoms with Crippen molar-refractivity contribution >= 4 is 23.6 Å². The van der Waals surface area contributed by atoms with E-state index < -0.39 is 60.7 Å². The first-order chi connectivity index (χ1) is 14.7. The van der Waals surface area contributed by atoms with Crippen molar-refractivity contribution in [2.24, 2.45) is 0 Å². The van der Waals surface area contributed by atoms with Crippen LogP contribution < -0.4 is 55.4 Å². The molecule has 3 amide bonds. The smallest absolute Gasteiger partial charge is 0.542 e. The Morgan fingerprint density at radius 2 is 1.81 bits per heavy atom. The fourth-order valence-corrected chi connectivity index (χ4v) is 2.99. The SMILES string of the molecule is COc1ccc(NC(=O)N[C@H]2C=C(C(=O)[O-])O[C@@H]([C@H](O)[C@H](O)CO)[C@@H]2NC(C)=O)cc1.[Na+]. The summed E-state index contributed by atoms with van der Waals surface area (Å²) in [5.41, 5.74) is 0.401. The molecule has 170 valence electrons. The summed E-state index contributed by atoms with van der Waals surface area (Å²) in [7, 11) is 1.49. The second-order valence-corrected chi connectivity index (χ2v) is 6.72. The number of carboxylic acid groups (broad SMARTS) is 1. The molecule has 0 radical (unpaired) electrons. The van der Waals surface area contributed by atoms with Crippen LogP contribution in [0.5, 0.6) is 5.75 Å². The van der Waals surface area contributed by atoms with Crippen LogP contribution in [-0.4, -0.2) is 77.3 Å². The number of nitrogens with one attached hydrogen (secondary N) is 3. The van der Waals surface area contributed by atoms with E-state index in [4.69, 9.17) is 14.6 Å². The van der Waals surface area contributed by atoms with E-state index in [9.17, 15) is 29.7 Å². The average molecular weight is 461 g/mol. The van der Waals surface area contributed by atoms with Crippen LogP contribution in [-0.2, 0) is 14.3 Å². The Balaban J connectivity index is 0.00000512. The fourth-order valence-electron chi connectivity index (χ4n) is 2.99. The van der Waals surface area contributed by atoms with E-state index in [1.807, 2.05) is 0 Å². The molecule has 0 aromatic heterocycles. The van der Waals surface area contributed by atoms with Crippen LogP contribution >= 0.6 is 0 Å². The maximum absolute atomic E-state index is 12.5. The summed E-state index contributed by atoms with van der Waals surface area (Å²) < 4.78 is 10.2. The first kappa shape index (κ1) is 27.7. The number of aliphatic hydroxyl groups is 3. The van der Waals surface area contributed by atoms with Gasteiger partial charge in [0.05, 0.1) is 25.8 Å². The predicted molar refractivity (Wildman–Crippen MR) is 104 cm³/mol. The molecule has 5 atom stereocenters. The molecule has 1 aromatic carbocycles. The van der Waals surface area contributed by atoms with E-state index in [0.29, 0.717) is 11.4 Å². The van der Waals surface area contributed by atoms with Gasteiger partial charge in [-0.2, -0.15) is 0 Å². The molecule has 2 rings (SSSR count). The second kappa shape index (κ2) is 12.6. The molecule has 0 fully saturated rings. The average Bonchev–Trinajstić information content (AvgIpc) is 2.73. The van der Waals surface area contributed by atoms with Gasteiger partial charge in [-0.1, -0.05) is 0 Å². The van der Waals surface area contributed by atoms with Crippen molar-refractivity contribution < 1.29 is 73.8 Å². The van der Waals surface area contributed by atoms with Crippen LogP contribution in [0.15, 0.2) is 36.1 Å². The van der Waals surface area contributed by atoms with Crippen molar-refractivity contribution in [2.75, 3.05) is 19.0 Å². The standard InChI is InChI=1S/C19H25N3O9.Na/c1-9(24)20-15-12(22-19(29)21-10-3-5-11(30-2)6-4-10)7-14(18(27)28)31-17(15)16(26)13(25)8-23;/h3-7,12-13,15-17,23,25-26H,8H2,1-2H3,(H,20,24)(H,27,28)(H2,21,22,29);/q;+1/p-1/t12-,13+,15+,16+,17+;/m0./s1. The van der Waals surface area contributed by atoms with Gasteiger partial charge < -0.3 is 50.6 Å². The predicted octanol–water partition coefficient (Wildman–Crippen LogP) is -5.56. The number of anilines is 1. The number of carbonyl (C=O) groups is 3. The third-order valence-corrected chi connectivity index (χ3v) is 4.47. The number of methoxy groups -OCH3 is 1. The normalized spacial score (nSPS) is 21.5. The number of aliphatic hydroxyl groups excluding tert-OH is 3. The fraction of sp³-hybridized carbons (Fsp3) is 0.421. The number of rotatable bonds is 8. The van der Waals surface area contributed by atoms with E-state index >= 15 is 0 Å². The van der Waals surface area contributed by atoms with Crippen molar-refractivity contribution in [3.05, 3.63) is 36.1 Å². The molecule has 0 aliphatic carbocycles. The number of ether oxygens (including phenoxy) is 2. The van der Waals surface area contributed by atoms with Gasteiger partial charge in [-0.3, -0.25) is 4.79 Å². The van der Waals surface area contributed by atoms with Crippen molar-refractivity contribution in [3.8, 4) is 5.75 Å². The topological polar surface area (TPSA) is 190 Å². The van der Waals surface area contributed by atoms with Crippen LogP contribution in [0.2, 0.25) is 0 Å². The molecule has 1 aliphatic heterocycles. The minimum atomic E-state index is -1.79. The van der Waals surface area contributed by atoms with E-state index in [1.54, 1.807) is 24.3 Å². The summed E-state index contributed by atoms with van der Waals surface area (Å²) in [6.07, 6.45) is -4.01. The molecule has 1 heterocycles. The van der Waals surface area contributed by atoms with Crippen molar-refractivity contribution in [1.29, 1.82) is 0 Å². The zero-order valence-electron chi connectivity index (χ0n) is 17.8. The third-order valence-electron chi connectivity index (χ3n) is 4.47. The van der Waals surface area contributed by atoms with Gasteiger partial charge in [0, 0.05) is 12.6 Å². The summed E-state index contributed by atoms with van der Waals surface area (Å²) >= 11 is 0. The number of hydrogen-bond donors (Lipinski definition) is 6. The van der Waals surface area contributed by atoms with Gasteiger partial charge in [0.15, 0.2) is 0 Å². The molecule has 0 saturated heterocycles. The van der Waals surface area contributed by atoms with E-state index in [-0.39, 0.29) is 29.6 Å². The van der Waals surface area contributed by atoms with Gasteiger partial charge in [-0.05, 0) is 30.3 Å². The summed E-state index contributed by atoms with van der Waals surface area (Å²) in [4.78, 5) is 35.5. The van der Waals surface area contributed by atoms with Crippen molar-refractivity contribution in [2.45, 2.75) is 37.3 Å². The number of hydrogen-bond acceptors (Lipinski definition) is 9. The van der Waals surface area contributed by atoms with E-state index in [0.717, 1.165) is 6.08 Å². The summed E-state index contributed by atoms with van der Waals surface area (Å²) in [6.45, 7) is 0.312. The number of carboxylic acids is 1. The minimum absolute atomic E-state index is 0. The van der Waals surface area contributed by atoms with Gasteiger partial charge in [0.1, 0.15) is 35.8 Å². The van der Waals surface area contributed by atoms with Crippen LogP contribution in [0.4, 0.5) is 10.5 Å². The summed E-state index contributed by atoms with van der Waals surface area (Å²) in [6, 6.07) is 3.26. The first-order valence-corrected chi connectivity index (χ1v) is 9.21. The Kier molecular flexibility index (Phi) is 10.9. The number of carbonyl (C=O) groups excluding carboxylic acids is 3. The molecule has 1 aliphatic rings. The molecule has 0 bridgehead atoms. The van der Waals surface area contributed by atoms with Gasteiger partial charge in [0.25, 0.3) is 0 Å². The molecule has 32 heavy (non-hydrogen) atoms. The molecule has 13 heteroatoms. The number of urea groups is 1. The Hall–Kier alpha value is -2.35. The number of benzene rings is 1. The largest absolute Gasteiger partial charge is 1.00 e. The number of amides is 3. The summed E-state index contributed by atoms with van der Waals surface area (Å²) in [5, 5.41) is 48.0. The van der Waals surface area contributed by atoms with Crippen LogP contribution in [0, 0.1) is 0 Å². The maximum atomic E-state index is 12.5. The van der Waals surface area contributed by atoms with Crippen LogP contribution in [0.3, 0.4) is 0 Å². The quantitative estimate of drug-likeness (QED) is 0.205. The van der Waals surface area contributed by atoms with Gasteiger partial charge in [0.2, 0.25) is 5.91 Å². The van der Waals surface area contributed by atoms with Gasteiger partial charge in [-0.15, -0.1) is 0 Å². The third kappa shape index (κ3) is 7.36. The zero-order valence-corrected chi connectivity index (χ0v) is 19.8. The second-order valence-electron chi connectivity index (χ2n) is 6.72.